The van der Waals surface area contributed by atoms with E-state index < -0.39 is 26.0 Å². The average molecular weight is 469 g/mol. The molecule has 3 nitrogen and oxygen atoms in total. The molecule has 0 N–H and O–H groups in total. The van der Waals surface area contributed by atoms with Crippen molar-refractivity contribution in [2.24, 2.45) is 0 Å². The van der Waals surface area contributed by atoms with Crippen LogP contribution in [-0.4, -0.2) is 35.3 Å². The first-order chi connectivity index (χ1) is 11.5. The predicted molar refractivity (Wildman–Crippen MR) is 110 cm³/mol. The Labute approximate surface area is 156 Å². The number of hydrogen-bond donors (Lipinski definition) is 0. The van der Waals surface area contributed by atoms with Gasteiger partial charge in [0.1, 0.15) is 0 Å². The van der Waals surface area contributed by atoms with E-state index in [1.807, 2.05) is 13.8 Å². The van der Waals surface area contributed by atoms with Gasteiger partial charge in [0.05, 0.1) is 0 Å². The van der Waals surface area contributed by atoms with E-state index in [1.165, 1.54) is 51.8 Å². The first-order valence-corrected chi connectivity index (χ1v) is 19.7. The normalized spacial score (nSPS) is 14.1. The molecule has 0 saturated heterocycles. The summed E-state index contributed by atoms with van der Waals surface area (Å²) >= 11 is -2.63. The van der Waals surface area contributed by atoms with Crippen molar-refractivity contribution in [2.75, 3.05) is 13.2 Å². The Morgan fingerprint density at radius 2 is 1.12 bits per heavy atom. The minimum absolute atomic E-state index is 0.233. The van der Waals surface area contributed by atoms with Gasteiger partial charge in [-0.25, -0.2) is 0 Å². The maximum absolute atomic E-state index is 13.7. The Kier molecular flexibility index (Phi) is 14.6. The van der Waals surface area contributed by atoms with Gasteiger partial charge in [-0.15, -0.1) is 0 Å². The molecule has 0 aliphatic rings. The Balaban J connectivity index is 5.79. The molecule has 0 fully saturated rings. The van der Waals surface area contributed by atoms with E-state index >= 15 is 0 Å². The molecule has 0 aromatic carbocycles. The molecule has 0 rings (SSSR count). The van der Waals surface area contributed by atoms with E-state index in [2.05, 4.69) is 27.7 Å². The quantitative estimate of drug-likeness (QED) is 0.174. The molecule has 0 amide bonds. The van der Waals surface area contributed by atoms with Crippen LogP contribution in [-0.2, 0) is 13.6 Å². The molecule has 0 aromatic rings. The maximum atomic E-state index is 13.7. The van der Waals surface area contributed by atoms with Crippen LogP contribution < -0.4 is 0 Å². The predicted octanol–water partition coefficient (Wildman–Crippen LogP) is 7.42. The zero-order valence-electron chi connectivity index (χ0n) is 17.2. The van der Waals surface area contributed by atoms with Crippen LogP contribution in [0.5, 0.6) is 0 Å². The molecule has 146 valence electrons. The third-order valence-electron chi connectivity index (χ3n) is 5.18. The van der Waals surface area contributed by atoms with Gasteiger partial charge >= 0.3 is 156 Å². The Bertz CT molecular complexity index is 318. The number of unbranched alkanes of at least 4 members (excludes halogenated alkanes) is 3. The monoisotopic (exact) mass is 470 g/mol. The van der Waals surface area contributed by atoms with Gasteiger partial charge in [0, 0.05) is 0 Å². The van der Waals surface area contributed by atoms with E-state index in [1.54, 1.807) is 0 Å². The van der Waals surface area contributed by atoms with Crippen molar-refractivity contribution < 1.29 is 13.6 Å². The molecule has 1 atom stereocenters. The summed E-state index contributed by atoms with van der Waals surface area (Å²) in [6.45, 7) is 13.9. The summed E-state index contributed by atoms with van der Waals surface area (Å²) in [4.78, 5) is 0. The van der Waals surface area contributed by atoms with Crippen LogP contribution in [0.3, 0.4) is 0 Å². The van der Waals surface area contributed by atoms with Crippen LogP contribution >= 0.6 is 7.60 Å². The van der Waals surface area contributed by atoms with Gasteiger partial charge in [0.25, 0.3) is 0 Å². The Morgan fingerprint density at radius 1 is 0.750 bits per heavy atom. The molecule has 0 saturated carbocycles. The summed E-state index contributed by atoms with van der Waals surface area (Å²) in [7, 11) is -2.98. The van der Waals surface area contributed by atoms with Crippen molar-refractivity contribution in [3.63, 3.8) is 0 Å². The molecule has 0 heterocycles. The minimum atomic E-state index is -2.98. The van der Waals surface area contributed by atoms with Gasteiger partial charge in [0.15, 0.2) is 0 Å². The third kappa shape index (κ3) is 7.68. The molecular formula is C19H43O3PSn. The van der Waals surface area contributed by atoms with E-state index in [0.29, 0.717) is 13.2 Å². The molecule has 0 aromatic heterocycles. The van der Waals surface area contributed by atoms with Crippen molar-refractivity contribution in [3.05, 3.63) is 0 Å². The van der Waals surface area contributed by atoms with Crippen LogP contribution in [0.4, 0.5) is 0 Å². The van der Waals surface area contributed by atoms with Crippen molar-refractivity contribution in [1.82, 2.24) is 0 Å². The summed E-state index contributed by atoms with van der Waals surface area (Å²) in [6, 6.07) is 0. The fourth-order valence-electron chi connectivity index (χ4n) is 4.03. The first-order valence-electron chi connectivity index (χ1n) is 10.4. The summed E-state index contributed by atoms with van der Waals surface area (Å²) < 4.78 is 29.7. The van der Waals surface area contributed by atoms with Gasteiger partial charge in [-0.05, 0) is 0 Å². The number of rotatable bonds is 16. The van der Waals surface area contributed by atoms with Gasteiger partial charge in [-0.1, -0.05) is 0 Å². The van der Waals surface area contributed by atoms with Crippen molar-refractivity contribution in [3.8, 4) is 0 Å². The summed E-state index contributed by atoms with van der Waals surface area (Å²) in [6.07, 6.45) is 8.54. The van der Waals surface area contributed by atoms with Crippen LogP contribution in [0, 0.1) is 0 Å². The van der Waals surface area contributed by atoms with Crippen LogP contribution in [0.25, 0.3) is 0 Å². The SMILES string of the molecule is CCC[CH2][Sn]([CH2]CCC)([CH2]CCC)[CH](CC)P(=O)(OCC)OCC. The second kappa shape index (κ2) is 14.1. The zero-order valence-corrected chi connectivity index (χ0v) is 21.0. The molecule has 0 spiro atoms. The second-order valence-corrected chi connectivity index (χ2v) is 24.6. The molecule has 1 unspecified atom stereocenters. The van der Waals surface area contributed by atoms with Gasteiger partial charge in [0.2, 0.25) is 0 Å². The molecule has 0 aliphatic heterocycles. The standard InChI is InChI=1S/C7H16O3P.3C4H9.Sn/c1-4-7-11(8,9-5-2)10-6-3;3*1-3-4-2;/h7H,4-6H2,1-3H3;3*1,3-4H2,2H3;. The fourth-order valence-corrected chi connectivity index (χ4v) is 32.4. The summed E-state index contributed by atoms with van der Waals surface area (Å²) in [5.74, 6) is 0. The van der Waals surface area contributed by atoms with E-state index in [9.17, 15) is 4.57 Å². The molecule has 0 aliphatic carbocycles. The third-order valence-corrected chi connectivity index (χ3v) is 30.7. The number of hydrogen-bond acceptors (Lipinski definition) is 3. The van der Waals surface area contributed by atoms with Crippen LogP contribution in [0.15, 0.2) is 0 Å². The summed E-state index contributed by atoms with van der Waals surface area (Å²) in [5.41, 5.74) is 0. The van der Waals surface area contributed by atoms with Crippen LogP contribution in [0.2, 0.25) is 13.3 Å². The van der Waals surface area contributed by atoms with Crippen molar-refractivity contribution in [2.45, 2.75) is 103 Å². The van der Waals surface area contributed by atoms with Crippen molar-refractivity contribution >= 4 is 26.0 Å². The average Bonchev–Trinajstić information content (AvgIpc) is 2.56. The Morgan fingerprint density at radius 3 is 1.38 bits per heavy atom. The van der Waals surface area contributed by atoms with E-state index in [-0.39, 0.29) is 3.67 Å². The topological polar surface area (TPSA) is 35.5 Å². The first kappa shape index (κ1) is 24.9. The fraction of sp³-hybridized carbons (Fsp3) is 1.00. The second-order valence-electron chi connectivity index (χ2n) is 6.97. The van der Waals surface area contributed by atoms with Crippen LogP contribution in [0.1, 0.15) is 86.5 Å². The van der Waals surface area contributed by atoms with Gasteiger partial charge < -0.3 is 0 Å². The molecule has 0 bridgehead atoms. The van der Waals surface area contributed by atoms with E-state index in [4.69, 9.17) is 9.05 Å². The summed E-state index contributed by atoms with van der Waals surface area (Å²) in [5, 5.41) is 0. The molecular weight excluding hydrogens is 426 g/mol. The van der Waals surface area contributed by atoms with Crippen molar-refractivity contribution in [1.29, 1.82) is 0 Å². The zero-order chi connectivity index (χ0) is 18.5. The molecule has 5 heteroatoms. The van der Waals surface area contributed by atoms with Gasteiger partial charge in [-0.3, -0.25) is 0 Å². The Hall–Kier alpha value is 0.949. The molecule has 0 radical (unpaired) electrons. The molecule has 24 heavy (non-hydrogen) atoms. The van der Waals surface area contributed by atoms with E-state index in [0.717, 1.165) is 6.42 Å². The van der Waals surface area contributed by atoms with Gasteiger partial charge in [-0.2, -0.15) is 0 Å².